The van der Waals surface area contributed by atoms with Gasteiger partial charge in [-0.1, -0.05) is 42.5 Å². The van der Waals surface area contributed by atoms with Crippen LogP contribution in [0.25, 0.3) is 0 Å². The second-order valence-electron chi connectivity index (χ2n) is 10.7. The lowest BCUT2D eigenvalue weighted by Gasteiger charge is -2.39. The van der Waals surface area contributed by atoms with E-state index in [9.17, 15) is 22.8 Å². The number of nitrogens with zero attached hydrogens (tertiary/aromatic N) is 2. The van der Waals surface area contributed by atoms with Gasteiger partial charge in [0, 0.05) is 36.5 Å². The number of likely N-dealkylation sites (tertiary alicyclic amines) is 1. The highest BCUT2D eigenvalue weighted by Crippen LogP contribution is 2.30. The number of halogens is 3. The summed E-state index contributed by atoms with van der Waals surface area (Å²) in [6, 6.07) is 16.0. The molecule has 14 heteroatoms. The van der Waals surface area contributed by atoms with Crippen molar-refractivity contribution in [3.8, 4) is 11.6 Å². The summed E-state index contributed by atoms with van der Waals surface area (Å²) >= 11 is 0. The quantitative estimate of drug-likeness (QED) is 0.407. The molecule has 1 fully saturated rings. The van der Waals surface area contributed by atoms with Crippen LogP contribution < -0.4 is 20.3 Å². The number of nitrogens with one attached hydrogen (secondary N) is 1. The minimum atomic E-state index is -4.93. The van der Waals surface area contributed by atoms with Gasteiger partial charge in [0.1, 0.15) is 37.1 Å². The molecule has 1 saturated heterocycles. The first-order valence-electron chi connectivity index (χ1n) is 13.0. The maximum absolute atomic E-state index is 13.5. The number of carbonyl (C=O) groups excluding carboxylic acids is 2. The van der Waals surface area contributed by atoms with E-state index in [4.69, 9.17) is 4.74 Å². The Morgan fingerprint density at radius 1 is 1.00 bits per heavy atom. The standard InChI is InChI=1S/C26H28B4F3N3O4/c27-19-12-16(13-34-23(19)40-25(28,29)30)24(38)36-11-10-20(18(14-36)15-6-2-1-3-7-15)35-22(37)17-8-4-5-9-21(17)39-26(31,32)33/h1-9,12-13,18,20H,10-11,14,27-30H2,(H,35,37)/t18-,20-/m1/s1. The first-order valence-corrected chi connectivity index (χ1v) is 13.0. The molecule has 4 rings (SSSR count). The average molecular weight is 547 g/mol. The van der Waals surface area contributed by atoms with E-state index in [1.165, 1.54) is 24.4 Å². The van der Waals surface area contributed by atoms with Crippen LogP contribution in [0.15, 0.2) is 66.9 Å². The largest absolute Gasteiger partial charge is 0.573 e. The van der Waals surface area contributed by atoms with Gasteiger partial charge in [-0.3, -0.25) is 9.59 Å². The van der Waals surface area contributed by atoms with Gasteiger partial charge in [0.25, 0.3) is 11.8 Å². The van der Waals surface area contributed by atoms with Crippen molar-refractivity contribution in [2.24, 2.45) is 0 Å². The third-order valence-electron chi connectivity index (χ3n) is 6.48. The maximum Gasteiger partial charge on any atom is 0.573 e. The SMILES string of the molecule is Bc1cc(C(=O)N2CC[C@@H](NC(=O)c3ccccc3OC(F)(F)F)[C@@H](c3ccccc3)C2)cnc1OC(B)(B)B. The van der Waals surface area contributed by atoms with Gasteiger partial charge in [0.05, 0.1) is 11.1 Å². The second-order valence-corrected chi connectivity index (χ2v) is 10.7. The van der Waals surface area contributed by atoms with Gasteiger partial charge in [-0.2, -0.15) is 0 Å². The molecule has 2 heterocycles. The highest BCUT2D eigenvalue weighted by Gasteiger charge is 2.36. The zero-order valence-corrected chi connectivity index (χ0v) is 22.8. The molecule has 0 spiro atoms. The van der Waals surface area contributed by atoms with Gasteiger partial charge in [0.2, 0.25) is 5.88 Å². The number of benzene rings is 2. The molecule has 2 atom stereocenters. The van der Waals surface area contributed by atoms with Crippen LogP contribution in [-0.4, -0.2) is 83.9 Å². The Bertz CT molecular complexity index is 1370. The number of carbonyl (C=O) groups is 2. The van der Waals surface area contributed by atoms with Gasteiger partial charge in [-0.05, 0) is 35.6 Å². The van der Waals surface area contributed by atoms with Gasteiger partial charge in [0.15, 0.2) is 0 Å². The zero-order chi connectivity index (χ0) is 29.1. The summed E-state index contributed by atoms with van der Waals surface area (Å²) in [6.07, 6.45) is -3.03. The summed E-state index contributed by atoms with van der Waals surface area (Å²) in [7, 11) is 7.59. The van der Waals surface area contributed by atoms with Crippen molar-refractivity contribution >= 4 is 48.7 Å². The van der Waals surface area contributed by atoms with Gasteiger partial charge < -0.3 is 19.7 Å². The number of amides is 2. The van der Waals surface area contributed by atoms with Crippen LogP contribution in [0.2, 0.25) is 0 Å². The summed E-state index contributed by atoms with van der Waals surface area (Å²) in [5.41, 5.74) is 1.84. The molecule has 0 radical (unpaired) electrons. The topological polar surface area (TPSA) is 80.8 Å². The molecule has 0 bridgehead atoms. The molecule has 1 aliphatic rings. The molecule has 40 heavy (non-hydrogen) atoms. The number of pyridine rings is 1. The summed E-state index contributed by atoms with van der Waals surface area (Å²) in [5.74, 6) is -1.29. The van der Waals surface area contributed by atoms with Crippen molar-refractivity contribution in [3.63, 3.8) is 0 Å². The van der Waals surface area contributed by atoms with E-state index in [-0.39, 0.29) is 17.4 Å². The van der Waals surface area contributed by atoms with E-state index in [2.05, 4.69) is 15.0 Å². The molecule has 0 unspecified atom stereocenters. The van der Waals surface area contributed by atoms with Gasteiger partial charge >= 0.3 is 6.36 Å². The molecule has 2 aromatic carbocycles. The number of ether oxygens (including phenoxy) is 2. The zero-order valence-electron chi connectivity index (χ0n) is 22.8. The molecule has 204 valence electrons. The Morgan fingerprint density at radius 2 is 1.68 bits per heavy atom. The maximum atomic E-state index is 13.5. The molecule has 1 aliphatic heterocycles. The summed E-state index contributed by atoms with van der Waals surface area (Å²) in [4.78, 5) is 32.7. The Labute approximate surface area is 234 Å². The van der Waals surface area contributed by atoms with Crippen molar-refractivity contribution in [2.75, 3.05) is 13.1 Å². The molecule has 1 aromatic heterocycles. The molecule has 0 aliphatic carbocycles. The normalized spacial score (nSPS) is 17.6. The summed E-state index contributed by atoms with van der Waals surface area (Å²) < 4.78 is 48.6. The van der Waals surface area contributed by atoms with E-state index < -0.39 is 29.4 Å². The number of para-hydroxylation sites is 1. The lowest BCUT2D eigenvalue weighted by molar-refractivity contribution is -0.274. The van der Waals surface area contributed by atoms with E-state index in [1.807, 2.05) is 61.7 Å². The van der Waals surface area contributed by atoms with Crippen molar-refractivity contribution in [1.29, 1.82) is 0 Å². The van der Waals surface area contributed by atoms with E-state index in [1.54, 1.807) is 11.0 Å². The monoisotopic (exact) mass is 547 g/mol. The highest BCUT2D eigenvalue weighted by atomic mass is 19.4. The van der Waals surface area contributed by atoms with E-state index in [0.717, 1.165) is 17.1 Å². The fourth-order valence-corrected chi connectivity index (χ4v) is 4.72. The summed E-state index contributed by atoms with van der Waals surface area (Å²) in [5, 5.41) is 2.46. The fourth-order valence-electron chi connectivity index (χ4n) is 4.72. The lowest BCUT2D eigenvalue weighted by atomic mass is 9.52. The number of alkyl halides is 3. The average Bonchev–Trinajstić information content (AvgIpc) is 2.89. The Balaban J connectivity index is 1.54. The lowest BCUT2D eigenvalue weighted by Crippen LogP contribution is -2.51. The van der Waals surface area contributed by atoms with Crippen LogP contribution in [0.5, 0.6) is 11.6 Å². The third-order valence-corrected chi connectivity index (χ3v) is 6.48. The third kappa shape index (κ3) is 7.43. The minimum absolute atomic E-state index is 0.201. The molecule has 3 aromatic rings. The molecule has 2 amide bonds. The fraction of sp³-hybridized carbons (Fsp3) is 0.269. The van der Waals surface area contributed by atoms with Crippen LogP contribution in [0, 0.1) is 0 Å². The van der Waals surface area contributed by atoms with Gasteiger partial charge in [-0.25, -0.2) is 4.98 Å². The van der Waals surface area contributed by atoms with Crippen molar-refractivity contribution in [1.82, 2.24) is 15.2 Å². The summed E-state index contributed by atoms with van der Waals surface area (Å²) in [6.45, 7) is 0.640. The number of piperidine rings is 1. The van der Waals surface area contributed by atoms with Crippen LogP contribution in [-0.2, 0) is 0 Å². The Hall–Kier alpha value is -3.82. The van der Waals surface area contributed by atoms with Crippen molar-refractivity contribution in [3.05, 3.63) is 83.6 Å². The predicted molar refractivity (Wildman–Crippen MR) is 155 cm³/mol. The molecule has 7 nitrogen and oxygen atoms in total. The van der Waals surface area contributed by atoms with Crippen LogP contribution in [0.4, 0.5) is 13.2 Å². The molecule has 1 N–H and O–H groups in total. The van der Waals surface area contributed by atoms with Crippen molar-refractivity contribution < 1.29 is 32.2 Å². The van der Waals surface area contributed by atoms with E-state index >= 15 is 0 Å². The number of hydrogen-bond acceptors (Lipinski definition) is 5. The highest BCUT2D eigenvalue weighted by molar-refractivity contribution is 6.58. The van der Waals surface area contributed by atoms with Crippen LogP contribution in [0.1, 0.15) is 38.6 Å². The van der Waals surface area contributed by atoms with Crippen LogP contribution >= 0.6 is 0 Å². The predicted octanol–water partition coefficient (Wildman–Crippen LogP) is -0.444. The minimum Gasteiger partial charge on any atom is -0.499 e. The molecular formula is C26H28B4F3N3O4. The second kappa shape index (κ2) is 11.7. The van der Waals surface area contributed by atoms with E-state index in [0.29, 0.717) is 31.0 Å². The number of rotatable bonds is 7. The first-order chi connectivity index (χ1) is 18.8. The molecular weight excluding hydrogens is 519 g/mol. The number of aromatic nitrogens is 1. The molecule has 0 saturated carbocycles. The number of hydrogen-bond donors (Lipinski definition) is 1. The first kappa shape index (κ1) is 29.2. The smallest absolute Gasteiger partial charge is 0.499 e. The van der Waals surface area contributed by atoms with Crippen molar-refractivity contribution in [2.45, 2.75) is 30.0 Å². The Morgan fingerprint density at radius 3 is 2.33 bits per heavy atom. The van der Waals surface area contributed by atoms with Crippen LogP contribution in [0.3, 0.4) is 0 Å². The Kier molecular flexibility index (Phi) is 8.56. The van der Waals surface area contributed by atoms with Gasteiger partial charge in [-0.15, -0.1) is 13.2 Å².